The van der Waals surface area contributed by atoms with Crippen LogP contribution in [0, 0.1) is 11.8 Å². The molecule has 0 aliphatic carbocycles. The van der Waals surface area contributed by atoms with Crippen molar-refractivity contribution in [2.75, 3.05) is 11.9 Å². The van der Waals surface area contributed by atoms with E-state index in [0.717, 1.165) is 17.7 Å². The molecule has 2 aliphatic rings. The molecule has 2 heterocycles. The molecular weight excluding hydrogens is 264 g/mol. The molecule has 2 amide bonds. The predicted molar refractivity (Wildman–Crippen MR) is 81.9 cm³/mol. The van der Waals surface area contributed by atoms with Crippen LogP contribution in [0.2, 0.25) is 0 Å². The predicted octanol–water partition coefficient (Wildman–Crippen LogP) is 2.45. The van der Waals surface area contributed by atoms with E-state index in [-0.39, 0.29) is 17.7 Å². The van der Waals surface area contributed by atoms with Gasteiger partial charge >= 0.3 is 0 Å². The van der Waals surface area contributed by atoms with Gasteiger partial charge in [0.15, 0.2) is 0 Å². The summed E-state index contributed by atoms with van der Waals surface area (Å²) in [6.07, 6.45) is 1.94. The van der Waals surface area contributed by atoms with Gasteiger partial charge in [-0.1, -0.05) is 32.0 Å². The van der Waals surface area contributed by atoms with Gasteiger partial charge in [-0.15, -0.1) is 0 Å². The Morgan fingerprint density at radius 2 is 2.05 bits per heavy atom. The number of carbonyl (C=O) groups is 2. The van der Waals surface area contributed by atoms with Crippen LogP contribution >= 0.6 is 0 Å². The molecule has 112 valence electrons. The Kier molecular flexibility index (Phi) is 3.47. The summed E-state index contributed by atoms with van der Waals surface area (Å²) in [6, 6.07) is 7.91. The molecule has 2 aliphatic heterocycles. The van der Waals surface area contributed by atoms with Crippen molar-refractivity contribution in [1.82, 2.24) is 5.32 Å². The first-order valence-corrected chi connectivity index (χ1v) is 7.71. The Hall–Kier alpha value is -1.84. The highest BCUT2D eigenvalue weighted by Crippen LogP contribution is 2.48. The maximum atomic E-state index is 12.8. The molecule has 1 aromatic rings. The summed E-state index contributed by atoms with van der Waals surface area (Å²) in [7, 11) is 0. The third kappa shape index (κ3) is 2.23. The van der Waals surface area contributed by atoms with E-state index in [1.54, 1.807) is 0 Å². The van der Waals surface area contributed by atoms with Crippen LogP contribution in [0.15, 0.2) is 24.3 Å². The number of fused-ring (bicyclic) bond motifs is 2. The summed E-state index contributed by atoms with van der Waals surface area (Å²) in [5.74, 6) is 0.749. The van der Waals surface area contributed by atoms with Gasteiger partial charge in [0.2, 0.25) is 11.8 Å². The van der Waals surface area contributed by atoms with E-state index in [1.807, 2.05) is 24.3 Å². The fourth-order valence-corrected chi connectivity index (χ4v) is 3.86. The van der Waals surface area contributed by atoms with Crippen molar-refractivity contribution >= 4 is 17.5 Å². The third-order valence-corrected chi connectivity index (χ3v) is 4.81. The average molecular weight is 286 g/mol. The zero-order valence-electron chi connectivity index (χ0n) is 12.6. The molecule has 2 N–H and O–H groups in total. The van der Waals surface area contributed by atoms with Crippen LogP contribution in [-0.4, -0.2) is 18.4 Å². The molecule has 1 fully saturated rings. The van der Waals surface area contributed by atoms with Crippen LogP contribution in [0.4, 0.5) is 5.69 Å². The summed E-state index contributed by atoms with van der Waals surface area (Å²) >= 11 is 0. The zero-order chi connectivity index (χ0) is 15.0. The molecule has 0 bridgehead atoms. The van der Waals surface area contributed by atoms with Crippen molar-refractivity contribution in [2.45, 2.75) is 38.5 Å². The lowest BCUT2D eigenvalue weighted by molar-refractivity contribution is -0.123. The van der Waals surface area contributed by atoms with E-state index >= 15 is 0 Å². The van der Waals surface area contributed by atoms with Gasteiger partial charge in [-0.25, -0.2) is 0 Å². The van der Waals surface area contributed by atoms with Crippen molar-refractivity contribution in [1.29, 1.82) is 0 Å². The highest BCUT2D eigenvalue weighted by atomic mass is 16.2. The third-order valence-electron chi connectivity index (χ3n) is 4.81. The topological polar surface area (TPSA) is 58.2 Å². The minimum atomic E-state index is -0.556. The molecule has 0 aromatic heterocycles. The van der Waals surface area contributed by atoms with Crippen LogP contribution in [0.5, 0.6) is 0 Å². The number of nitrogens with one attached hydrogen (secondary N) is 2. The van der Waals surface area contributed by atoms with Crippen LogP contribution in [0.25, 0.3) is 0 Å². The standard InChI is InChI=1S/C17H22N2O2/c1-11(2)9-12-10-18-15(20)7-8-17(12)13-5-3-4-6-14(13)19-16(17)21/h3-6,11-12H,7-10H2,1-2H3,(H,18,20)(H,19,21). The lowest BCUT2D eigenvalue weighted by Crippen LogP contribution is -2.44. The molecular formula is C17H22N2O2. The SMILES string of the molecule is CC(C)CC1CNC(=O)CCC12C(=O)Nc1ccccc12. The van der Waals surface area contributed by atoms with Crippen LogP contribution in [-0.2, 0) is 15.0 Å². The molecule has 0 saturated carbocycles. The monoisotopic (exact) mass is 286 g/mol. The first-order chi connectivity index (χ1) is 10.0. The molecule has 4 nitrogen and oxygen atoms in total. The fourth-order valence-electron chi connectivity index (χ4n) is 3.86. The number of benzene rings is 1. The van der Waals surface area contributed by atoms with Gasteiger partial charge in [0.05, 0.1) is 5.41 Å². The van der Waals surface area contributed by atoms with Crippen molar-refractivity contribution in [3.8, 4) is 0 Å². The largest absolute Gasteiger partial charge is 0.356 e. The van der Waals surface area contributed by atoms with Gasteiger partial charge in [-0.05, 0) is 36.3 Å². The summed E-state index contributed by atoms with van der Waals surface area (Å²) in [5.41, 5.74) is 1.42. The summed E-state index contributed by atoms with van der Waals surface area (Å²) in [5, 5.41) is 6.01. The number of rotatable bonds is 2. The average Bonchev–Trinajstić information content (AvgIpc) is 2.62. The van der Waals surface area contributed by atoms with Gasteiger partial charge in [0.1, 0.15) is 0 Å². The zero-order valence-corrected chi connectivity index (χ0v) is 12.6. The number of para-hydroxylation sites is 1. The number of hydrogen-bond donors (Lipinski definition) is 2. The molecule has 2 atom stereocenters. The van der Waals surface area contributed by atoms with Crippen molar-refractivity contribution < 1.29 is 9.59 Å². The van der Waals surface area contributed by atoms with Crippen molar-refractivity contribution in [2.24, 2.45) is 11.8 Å². The molecule has 1 aromatic carbocycles. The normalized spacial score (nSPS) is 28.2. The molecule has 3 rings (SSSR count). The Morgan fingerprint density at radius 3 is 2.81 bits per heavy atom. The van der Waals surface area contributed by atoms with Crippen LogP contribution in [0.1, 0.15) is 38.7 Å². The highest BCUT2D eigenvalue weighted by molar-refractivity contribution is 6.07. The number of carbonyl (C=O) groups excluding carboxylic acids is 2. The second kappa shape index (κ2) is 5.17. The highest BCUT2D eigenvalue weighted by Gasteiger charge is 2.52. The van der Waals surface area contributed by atoms with E-state index in [4.69, 9.17) is 0 Å². The van der Waals surface area contributed by atoms with Gasteiger partial charge in [-0.2, -0.15) is 0 Å². The molecule has 1 saturated heterocycles. The maximum absolute atomic E-state index is 12.8. The minimum absolute atomic E-state index is 0.0535. The van der Waals surface area contributed by atoms with Crippen molar-refractivity contribution in [3.05, 3.63) is 29.8 Å². The van der Waals surface area contributed by atoms with E-state index in [2.05, 4.69) is 24.5 Å². The first kappa shape index (κ1) is 14.1. The second-order valence-corrected chi connectivity index (χ2v) is 6.60. The Balaban J connectivity index is 2.09. The van der Waals surface area contributed by atoms with Gasteiger partial charge in [0, 0.05) is 18.7 Å². The summed E-state index contributed by atoms with van der Waals surface area (Å²) < 4.78 is 0. The number of hydrogen-bond acceptors (Lipinski definition) is 2. The molecule has 21 heavy (non-hydrogen) atoms. The molecule has 1 spiro atoms. The van der Waals surface area contributed by atoms with Gasteiger partial charge < -0.3 is 10.6 Å². The van der Waals surface area contributed by atoms with Crippen LogP contribution < -0.4 is 10.6 Å². The Morgan fingerprint density at radius 1 is 1.29 bits per heavy atom. The lowest BCUT2D eigenvalue weighted by Gasteiger charge is -2.35. The van der Waals surface area contributed by atoms with E-state index in [1.165, 1.54) is 0 Å². The van der Waals surface area contributed by atoms with E-state index < -0.39 is 5.41 Å². The lowest BCUT2D eigenvalue weighted by atomic mass is 9.66. The molecule has 2 unspecified atom stereocenters. The van der Waals surface area contributed by atoms with E-state index in [0.29, 0.717) is 25.3 Å². The van der Waals surface area contributed by atoms with Crippen molar-refractivity contribution in [3.63, 3.8) is 0 Å². The smallest absolute Gasteiger partial charge is 0.235 e. The van der Waals surface area contributed by atoms with Crippen LogP contribution in [0.3, 0.4) is 0 Å². The Labute approximate surface area is 125 Å². The van der Waals surface area contributed by atoms with Gasteiger partial charge in [-0.3, -0.25) is 9.59 Å². The van der Waals surface area contributed by atoms with E-state index in [9.17, 15) is 9.59 Å². The first-order valence-electron chi connectivity index (χ1n) is 7.71. The summed E-state index contributed by atoms with van der Waals surface area (Å²) in [6.45, 7) is 4.91. The second-order valence-electron chi connectivity index (χ2n) is 6.60. The minimum Gasteiger partial charge on any atom is -0.356 e. The number of amides is 2. The Bertz CT molecular complexity index is 582. The quantitative estimate of drug-likeness (QED) is 0.877. The maximum Gasteiger partial charge on any atom is 0.235 e. The number of anilines is 1. The summed E-state index contributed by atoms with van der Waals surface area (Å²) in [4.78, 5) is 24.6. The fraction of sp³-hybridized carbons (Fsp3) is 0.529. The molecule has 4 heteroatoms. The molecule has 0 radical (unpaired) electrons. The van der Waals surface area contributed by atoms with Gasteiger partial charge in [0.25, 0.3) is 0 Å².